The molecular weight excluding hydrogens is 230 g/mol. The van der Waals surface area contributed by atoms with Crippen molar-refractivity contribution < 1.29 is 0 Å². The highest BCUT2D eigenvalue weighted by Gasteiger charge is 2.07. The van der Waals surface area contributed by atoms with Gasteiger partial charge in [-0.3, -0.25) is 0 Å². The molecule has 1 aromatic rings. The van der Waals surface area contributed by atoms with Crippen molar-refractivity contribution in [3.05, 3.63) is 41.5 Å². The predicted octanol–water partition coefficient (Wildman–Crippen LogP) is 4.43. The molecule has 1 fully saturated rings. The van der Waals surface area contributed by atoms with Gasteiger partial charge in [0.1, 0.15) is 0 Å². The Hall–Kier alpha value is -1.08. The Bertz CT molecular complexity index is 381. The standard InChI is InChI=1S/C18H27N/c1-15(2)14-17-9-7-16(8-10-17)11-12-18-6-4-3-5-13-19-18/h7-12,15,18-19H,3-6,13-14H2,1-2H3/b12-11+. The molecule has 1 atom stereocenters. The number of rotatable bonds is 4. The average molecular weight is 257 g/mol. The van der Waals surface area contributed by atoms with E-state index >= 15 is 0 Å². The third-order valence-corrected chi connectivity index (χ3v) is 3.74. The highest BCUT2D eigenvalue weighted by molar-refractivity contribution is 5.50. The molecule has 0 aliphatic carbocycles. The lowest BCUT2D eigenvalue weighted by Crippen LogP contribution is -2.25. The van der Waals surface area contributed by atoms with Crippen molar-refractivity contribution in [1.82, 2.24) is 5.32 Å². The summed E-state index contributed by atoms with van der Waals surface area (Å²) < 4.78 is 0. The Balaban J connectivity index is 1.90. The highest BCUT2D eigenvalue weighted by atomic mass is 14.9. The summed E-state index contributed by atoms with van der Waals surface area (Å²) in [7, 11) is 0. The Morgan fingerprint density at radius 1 is 1.16 bits per heavy atom. The molecule has 1 aliphatic rings. The van der Waals surface area contributed by atoms with Crippen molar-refractivity contribution in [2.45, 2.75) is 52.0 Å². The van der Waals surface area contributed by atoms with E-state index in [1.807, 2.05) is 0 Å². The minimum atomic E-state index is 0.567. The van der Waals surface area contributed by atoms with E-state index in [-0.39, 0.29) is 0 Å². The van der Waals surface area contributed by atoms with Crippen LogP contribution in [0.4, 0.5) is 0 Å². The molecule has 0 bridgehead atoms. The molecule has 0 aromatic heterocycles. The van der Waals surface area contributed by atoms with Crippen LogP contribution in [0.25, 0.3) is 6.08 Å². The van der Waals surface area contributed by atoms with Crippen molar-refractivity contribution in [1.29, 1.82) is 0 Å². The summed E-state index contributed by atoms with van der Waals surface area (Å²) in [5, 5.41) is 3.60. The molecule has 104 valence electrons. The predicted molar refractivity (Wildman–Crippen MR) is 84.3 cm³/mol. The fourth-order valence-corrected chi connectivity index (χ4v) is 2.68. The maximum Gasteiger partial charge on any atom is 0.0253 e. The number of nitrogens with one attached hydrogen (secondary N) is 1. The van der Waals surface area contributed by atoms with E-state index in [2.05, 4.69) is 55.6 Å². The van der Waals surface area contributed by atoms with Gasteiger partial charge in [0.2, 0.25) is 0 Å². The monoisotopic (exact) mass is 257 g/mol. The lowest BCUT2D eigenvalue weighted by molar-refractivity contribution is 0.599. The smallest absolute Gasteiger partial charge is 0.0253 e. The van der Waals surface area contributed by atoms with Gasteiger partial charge in [0.05, 0.1) is 0 Å². The Labute approximate surface area is 118 Å². The maximum absolute atomic E-state index is 3.60. The summed E-state index contributed by atoms with van der Waals surface area (Å²) in [5.74, 6) is 0.733. The lowest BCUT2D eigenvalue weighted by Gasteiger charge is -2.10. The fourth-order valence-electron chi connectivity index (χ4n) is 2.68. The van der Waals surface area contributed by atoms with E-state index in [4.69, 9.17) is 0 Å². The second-order valence-corrected chi connectivity index (χ2v) is 6.11. The molecular formula is C18H27N. The van der Waals surface area contributed by atoms with Crippen molar-refractivity contribution >= 4 is 6.08 Å². The molecule has 0 spiro atoms. The van der Waals surface area contributed by atoms with Crippen LogP contribution >= 0.6 is 0 Å². The summed E-state index contributed by atoms with van der Waals surface area (Å²) in [5.41, 5.74) is 2.76. The van der Waals surface area contributed by atoms with Gasteiger partial charge in [-0.25, -0.2) is 0 Å². The fraction of sp³-hybridized carbons (Fsp3) is 0.556. The van der Waals surface area contributed by atoms with Crippen LogP contribution in [0.3, 0.4) is 0 Å². The summed E-state index contributed by atoms with van der Waals surface area (Å²) in [6, 6.07) is 9.58. The minimum absolute atomic E-state index is 0.567. The summed E-state index contributed by atoms with van der Waals surface area (Å²) in [6.45, 7) is 5.71. The molecule has 0 radical (unpaired) electrons. The quantitative estimate of drug-likeness (QED) is 0.841. The molecule has 1 nitrogen and oxygen atoms in total. The molecule has 2 rings (SSSR count). The Morgan fingerprint density at radius 3 is 2.68 bits per heavy atom. The van der Waals surface area contributed by atoms with Gasteiger partial charge in [-0.1, -0.05) is 63.1 Å². The van der Waals surface area contributed by atoms with E-state index in [0.29, 0.717) is 6.04 Å². The van der Waals surface area contributed by atoms with Gasteiger partial charge >= 0.3 is 0 Å². The van der Waals surface area contributed by atoms with E-state index in [1.54, 1.807) is 0 Å². The number of hydrogen-bond acceptors (Lipinski definition) is 1. The first-order valence-corrected chi connectivity index (χ1v) is 7.74. The van der Waals surface area contributed by atoms with E-state index in [0.717, 1.165) is 5.92 Å². The summed E-state index contributed by atoms with van der Waals surface area (Å²) in [6.07, 6.45) is 11.1. The molecule has 1 heterocycles. The molecule has 0 saturated carbocycles. The van der Waals surface area contributed by atoms with Crippen molar-refractivity contribution in [2.24, 2.45) is 5.92 Å². The number of hydrogen-bond donors (Lipinski definition) is 1. The highest BCUT2D eigenvalue weighted by Crippen LogP contribution is 2.13. The SMILES string of the molecule is CC(C)Cc1ccc(/C=C/C2CCCCCN2)cc1. The van der Waals surface area contributed by atoms with Crippen LogP contribution in [0.15, 0.2) is 30.3 Å². The third-order valence-electron chi connectivity index (χ3n) is 3.74. The zero-order valence-electron chi connectivity index (χ0n) is 12.4. The van der Waals surface area contributed by atoms with Crippen molar-refractivity contribution in [2.75, 3.05) is 6.54 Å². The molecule has 1 N–H and O–H groups in total. The molecule has 1 unspecified atom stereocenters. The van der Waals surface area contributed by atoms with Gasteiger partial charge < -0.3 is 5.32 Å². The zero-order chi connectivity index (χ0) is 13.5. The second-order valence-electron chi connectivity index (χ2n) is 6.11. The van der Waals surface area contributed by atoms with Crippen LogP contribution in [0, 0.1) is 5.92 Å². The largest absolute Gasteiger partial charge is 0.311 e. The van der Waals surface area contributed by atoms with Crippen LogP contribution in [-0.2, 0) is 6.42 Å². The van der Waals surface area contributed by atoms with E-state index in [1.165, 1.54) is 49.8 Å². The van der Waals surface area contributed by atoms with Crippen molar-refractivity contribution in [3.8, 4) is 0 Å². The minimum Gasteiger partial charge on any atom is -0.311 e. The van der Waals surface area contributed by atoms with Gasteiger partial charge in [-0.05, 0) is 42.9 Å². The first-order chi connectivity index (χ1) is 9.24. The van der Waals surface area contributed by atoms with Gasteiger partial charge in [-0.15, -0.1) is 0 Å². The average Bonchev–Trinajstić information content (AvgIpc) is 2.66. The first kappa shape index (κ1) is 14.3. The topological polar surface area (TPSA) is 12.0 Å². The summed E-state index contributed by atoms with van der Waals surface area (Å²) in [4.78, 5) is 0. The van der Waals surface area contributed by atoms with Gasteiger partial charge in [-0.2, -0.15) is 0 Å². The van der Waals surface area contributed by atoms with Crippen LogP contribution in [0.1, 0.15) is 50.7 Å². The van der Waals surface area contributed by atoms with Crippen LogP contribution in [0.2, 0.25) is 0 Å². The summed E-state index contributed by atoms with van der Waals surface area (Å²) >= 11 is 0. The molecule has 1 heteroatoms. The number of benzene rings is 1. The normalized spacial score (nSPS) is 20.9. The van der Waals surface area contributed by atoms with Gasteiger partial charge in [0.25, 0.3) is 0 Å². The van der Waals surface area contributed by atoms with E-state index in [9.17, 15) is 0 Å². The second kappa shape index (κ2) is 7.49. The van der Waals surface area contributed by atoms with Crippen LogP contribution in [0.5, 0.6) is 0 Å². The molecule has 1 saturated heterocycles. The van der Waals surface area contributed by atoms with Crippen molar-refractivity contribution in [3.63, 3.8) is 0 Å². The Kier molecular flexibility index (Phi) is 5.65. The van der Waals surface area contributed by atoms with Gasteiger partial charge in [0.15, 0.2) is 0 Å². The zero-order valence-corrected chi connectivity index (χ0v) is 12.4. The first-order valence-electron chi connectivity index (χ1n) is 7.74. The molecule has 0 amide bonds. The molecule has 19 heavy (non-hydrogen) atoms. The Morgan fingerprint density at radius 2 is 1.95 bits per heavy atom. The molecule has 1 aromatic carbocycles. The van der Waals surface area contributed by atoms with Crippen LogP contribution < -0.4 is 5.32 Å². The van der Waals surface area contributed by atoms with Crippen LogP contribution in [-0.4, -0.2) is 12.6 Å². The molecule has 1 aliphatic heterocycles. The maximum atomic E-state index is 3.60. The van der Waals surface area contributed by atoms with Gasteiger partial charge in [0, 0.05) is 6.04 Å². The third kappa shape index (κ3) is 5.20. The van der Waals surface area contributed by atoms with E-state index < -0.39 is 0 Å². The lowest BCUT2D eigenvalue weighted by atomic mass is 10.0.